The maximum absolute atomic E-state index is 14.0. The molecule has 2 aliphatic heterocycles. The van der Waals surface area contributed by atoms with Gasteiger partial charge in [-0.05, 0) is 141 Å². The van der Waals surface area contributed by atoms with Gasteiger partial charge < -0.3 is 35.0 Å². The van der Waals surface area contributed by atoms with Crippen molar-refractivity contribution < 1.29 is 44.6 Å². The molecular weight excluding hydrogens is 769 g/mol. The van der Waals surface area contributed by atoms with Crippen molar-refractivity contribution in [2.24, 2.45) is 52.3 Å². The van der Waals surface area contributed by atoms with Crippen LogP contribution in [-0.2, 0) is 14.3 Å². The van der Waals surface area contributed by atoms with Crippen molar-refractivity contribution in [3.63, 3.8) is 0 Å². The van der Waals surface area contributed by atoms with Crippen LogP contribution in [0.2, 0.25) is 0 Å². The summed E-state index contributed by atoms with van der Waals surface area (Å²) in [5.74, 6) is 3.56. The smallest absolute Gasteiger partial charge is 0.193 e. The number of ether oxygens (including phenoxy) is 2. The van der Waals surface area contributed by atoms with Crippen LogP contribution in [0.5, 0.6) is 11.5 Å². The zero-order chi connectivity index (χ0) is 43.8. The number of hydrogen-bond acceptors (Lipinski definition) is 9. The lowest BCUT2D eigenvalue weighted by Crippen LogP contribution is -2.58. The number of benzene rings is 2. The Kier molecular flexibility index (Phi) is 16.6. The van der Waals surface area contributed by atoms with Crippen LogP contribution in [0.3, 0.4) is 0 Å². The molecule has 2 heterocycles. The number of ketones is 2. The van der Waals surface area contributed by atoms with Gasteiger partial charge >= 0.3 is 0 Å². The third-order valence-electron chi connectivity index (χ3n) is 16.6. The van der Waals surface area contributed by atoms with Crippen LogP contribution in [0.25, 0.3) is 0 Å². The first-order chi connectivity index (χ1) is 29.3. The number of carbonyl (C=O) groups is 2. The van der Waals surface area contributed by atoms with E-state index in [-0.39, 0.29) is 46.2 Å². The van der Waals surface area contributed by atoms with Crippen molar-refractivity contribution >= 4 is 11.6 Å². The zero-order valence-corrected chi connectivity index (χ0v) is 37.7. The number of phenolic OH excluding ortho intramolecular Hbond substituents is 2. The molecule has 1 spiro atoms. The van der Waals surface area contributed by atoms with Crippen molar-refractivity contribution in [1.29, 1.82) is 0 Å². The van der Waals surface area contributed by atoms with E-state index in [4.69, 9.17) is 29.9 Å². The Hall–Kier alpha value is -2.82. The number of fused-ring (bicyclic) bond motifs is 7. The predicted octanol–water partition coefficient (Wildman–Crippen LogP) is 10.2. The average Bonchev–Trinajstić information content (AvgIpc) is 3.70. The minimum absolute atomic E-state index is 0.127. The third-order valence-corrected chi connectivity index (χ3v) is 16.6. The first-order valence-corrected chi connectivity index (χ1v) is 24.1. The van der Waals surface area contributed by atoms with E-state index < -0.39 is 5.79 Å². The van der Waals surface area contributed by atoms with Gasteiger partial charge in [0.15, 0.2) is 11.6 Å². The maximum Gasteiger partial charge on any atom is 0.193 e. The van der Waals surface area contributed by atoms with Crippen molar-refractivity contribution in [3.8, 4) is 11.5 Å². The van der Waals surface area contributed by atoms with Crippen LogP contribution in [-0.4, -0.2) is 74.9 Å². The number of aromatic hydroxyl groups is 2. The average molecular weight is 847 g/mol. The van der Waals surface area contributed by atoms with Crippen LogP contribution in [0.4, 0.5) is 0 Å². The zero-order valence-electron chi connectivity index (χ0n) is 37.7. The molecule has 6 aliphatic rings. The Morgan fingerprint density at radius 2 is 1.25 bits per heavy atom. The fourth-order valence-electron chi connectivity index (χ4n) is 13.0. The second-order valence-corrected chi connectivity index (χ2v) is 20.4. The topological polar surface area (TPSA) is 154 Å². The molecule has 0 bridgehead atoms. The summed E-state index contributed by atoms with van der Waals surface area (Å²) in [4.78, 5) is 25.9. The standard InChI is InChI=1S/C27H42O4.C13H10O3.C12H26O2/c1-15-7-10-27(30-14-15)16(2)24-22(31-27)12-21-19-6-5-17-11-18(28)8-9-25(17,3)20(19)13-23(29)26(21,24)4;14-11-5-1-9(2-6-11)13(16)10-3-7-12(15)8-4-10;13-11-9-7-5-3-1-2-4-6-8-10-12-14/h15-22,24,28H,5-14H2,1-4H3;1-8,14-15H;13-14H,1-12H2/t15-,16+,17+,18+,19-,20+,21+,22+,24+,25+,26-,27-;;/m1../s1. The number of unbranched alkanes of at least 4 members (excludes halogenated alkanes) is 9. The number of carbonyl (C=O) groups excluding carboxylic acids is 2. The highest BCUT2D eigenvalue weighted by Gasteiger charge is 2.71. The molecule has 9 nitrogen and oxygen atoms in total. The van der Waals surface area contributed by atoms with Crippen LogP contribution >= 0.6 is 0 Å². The summed E-state index contributed by atoms with van der Waals surface area (Å²) >= 11 is 0. The Morgan fingerprint density at radius 1 is 0.705 bits per heavy atom. The molecular formula is C52H78O9. The molecule has 0 radical (unpaired) electrons. The highest BCUT2D eigenvalue weighted by molar-refractivity contribution is 6.09. The van der Waals surface area contributed by atoms with Crippen LogP contribution < -0.4 is 0 Å². The molecule has 6 fully saturated rings. The maximum atomic E-state index is 14.0. The molecule has 340 valence electrons. The molecule has 5 N–H and O–H groups in total. The summed E-state index contributed by atoms with van der Waals surface area (Å²) in [5.41, 5.74) is 0.984. The highest BCUT2D eigenvalue weighted by Crippen LogP contribution is 2.70. The van der Waals surface area contributed by atoms with Crippen molar-refractivity contribution in [2.75, 3.05) is 19.8 Å². The van der Waals surface area contributed by atoms with E-state index in [9.17, 15) is 14.7 Å². The quantitative estimate of drug-likeness (QED) is 0.0979. The van der Waals surface area contributed by atoms with Crippen LogP contribution in [0.15, 0.2) is 48.5 Å². The van der Waals surface area contributed by atoms with Gasteiger partial charge in [-0.3, -0.25) is 9.59 Å². The SMILES string of the molecule is C[C@@H]1CC[C@@]2(OC1)O[C@H]1C[C@H]3[C@@H]4CC[C@H]5C[C@@H](O)CC[C@]5(C)[C@H]4CC(=O)[C@]3(C)[C@H]1[C@@H]2C.O=C(c1ccc(O)cc1)c1ccc(O)cc1.OCCCCCCCCCCCCO. The van der Waals surface area contributed by atoms with E-state index in [0.717, 1.165) is 64.4 Å². The number of aliphatic hydroxyl groups is 3. The van der Waals surface area contributed by atoms with Gasteiger partial charge in [0.1, 0.15) is 17.3 Å². The molecule has 0 aromatic heterocycles. The van der Waals surface area contributed by atoms with Crippen molar-refractivity contribution in [3.05, 3.63) is 59.7 Å². The Bertz CT molecular complexity index is 1630. The van der Waals surface area contributed by atoms with Gasteiger partial charge in [0.05, 0.1) is 18.8 Å². The van der Waals surface area contributed by atoms with Gasteiger partial charge in [0.2, 0.25) is 0 Å². The summed E-state index contributed by atoms with van der Waals surface area (Å²) in [7, 11) is 0. The van der Waals surface area contributed by atoms with E-state index in [1.165, 1.54) is 88.5 Å². The van der Waals surface area contributed by atoms with E-state index in [1.54, 1.807) is 24.3 Å². The van der Waals surface area contributed by atoms with E-state index >= 15 is 0 Å². The minimum atomic E-state index is -0.448. The Balaban J connectivity index is 0.000000175. The molecule has 2 saturated heterocycles. The third kappa shape index (κ3) is 10.6. The molecule has 12 atom stereocenters. The predicted molar refractivity (Wildman–Crippen MR) is 238 cm³/mol. The minimum Gasteiger partial charge on any atom is -0.508 e. The molecule has 0 amide bonds. The normalized spacial score (nSPS) is 36.0. The first kappa shape index (κ1) is 47.7. The van der Waals surface area contributed by atoms with Crippen LogP contribution in [0.1, 0.15) is 166 Å². The molecule has 0 unspecified atom stereocenters. The molecule has 4 aliphatic carbocycles. The van der Waals surface area contributed by atoms with Gasteiger partial charge in [-0.1, -0.05) is 79.1 Å². The molecule has 8 rings (SSSR count). The van der Waals surface area contributed by atoms with E-state index in [1.807, 2.05) is 0 Å². The fraction of sp³-hybridized carbons (Fsp3) is 0.731. The molecule has 61 heavy (non-hydrogen) atoms. The number of phenols is 2. The van der Waals surface area contributed by atoms with Crippen molar-refractivity contribution in [2.45, 2.75) is 168 Å². The van der Waals surface area contributed by atoms with Gasteiger partial charge in [-0.25, -0.2) is 0 Å². The number of rotatable bonds is 13. The van der Waals surface area contributed by atoms with Gasteiger partial charge in [0.25, 0.3) is 0 Å². The number of hydrogen-bond donors (Lipinski definition) is 5. The molecule has 2 aromatic rings. The number of Topliss-reactive ketones (excluding diaryl/α,β-unsaturated/α-hetero) is 1. The summed E-state index contributed by atoms with van der Waals surface area (Å²) in [5, 5.41) is 45.6. The lowest BCUT2D eigenvalue weighted by atomic mass is 9.44. The van der Waals surface area contributed by atoms with Gasteiger partial charge in [-0.15, -0.1) is 0 Å². The summed E-state index contributed by atoms with van der Waals surface area (Å²) in [6, 6.07) is 12.1. The first-order valence-electron chi connectivity index (χ1n) is 24.1. The summed E-state index contributed by atoms with van der Waals surface area (Å²) < 4.78 is 13.2. The Morgan fingerprint density at radius 3 is 1.75 bits per heavy atom. The van der Waals surface area contributed by atoms with Crippen molar-refractivity contribution in [1.82, 2.24) is 0 Å². The summed E-state index contributed by atoms with van der Waals surface area (Å²) in [6.45, 7) is 10.8. The highest BCUT2D eigenvalue weighted by atomic mass is 16.7. The second kappa shape index (κ2) is 21.2. The van der Waals surface area contributed by atoms with Crippen LogP contribution in [0, 0.1) is 52.3 Å². The van der Waals surface area contributed by atoms with E-state index in [2.05, 4.69) is 27.7 Å². The largest absolute Gasteiger partial charge is 0.508 e. The monoisotopic (exact) mass is 847 g/mol. The van der Waals surface area contributed by atoms with E-state index in [0.29, 0.717) is 65.6 Å². The fourth-order valence-corrected chi connectivity index (χ4v) is 13.0. The van der Waals surface area contributed by atoms with Gasteiger partial charge in [0, 0.05) is 54.4 Å². The lowest BCUT2D eigenvalue weighted by molar-refractivity contribution is -0.272. The second-order valence-electron chi connectivity index (χ2n) is 20.4. The lowest BCUT2D eigenvalue weighted by Gasteiger charge is -2.60. The van der Waals surface area contributed by atoms with Gasteiger partial charge in [-0.2, -0.15) is 0 Å². The summed E-state index contributed by atoms with van der Waals surface area (Å²) in [6.07, 6.45) is 21.6. The Labute approximate surface area is 366 Å². The number of aliphatic hydroxyl groups excluding tert-OH is 3. The molecule has 4 saturated carbocycles. The molecule has 2 aromatic carbocycles. The molecule has 9 heteroatoms.